The van der Waals surface area contributed by atoms with Gasteiger partial charge in [0, 0.05) is 30.9 Å². The fourth-order valence-corrected chi connectivity index (χ4v) is 3.21. The minimum atomic E-state index is 0.543. The van der Waals surface area contributed by atoms with Gasteiger partial charge in [0.25, 0.3) is 0 Å². The molecule has 0 saturated carbocycles. The summed E-state index contributed by atoms with van der Waals surface area (Å²) in [6.45, 7) is 6.65. The first kappa shape index (κ1) is 15.8. The van der Waals surface area contributed by atoms with Gasteiger partial charge < -0.3 is 9.64 Å². The molecule has 3 aromatic heterocycles. The summed E-state index contributed by atoms with van der Waals surface area (Å²) in [5.41, 5.74) is 2.81. The molecule has 0 N–H and O–H groups in total. The maximum Gasteiger partial charge on any atom is 0.231 e. The van der Waals surface area contributed by atoms with E-state index in [1.54, 1.807) is 10.8 Å². The van der Waals surface area contributed by atoms with Crippen molar-refractivity contribution in [3.05, 3.63) is 42.1 Å². The third-order valence-electron chi connectivity index (χ3n) is 4.61. The van der Waals surface area contributed by atoms with E-state index in [1.165, 1.54) is 0 Å². The lowest BCUT2D eigenvalue weighted by atomic mass is 9.98. The standard InChI is InChI=1S/C18H22N6O/c1-13-9-17(20-12-19-13)23-7-5-15(6-8-23)11-25-18-4-3-16-21-14(2)10-24(16)22-18/h3-4,9-10,12,15H,5-8,11H2,1-2H3. The second kappa shape index (κ2) is 6.66. The van der Waals surface area contributed by atoms with Gasteiger partial charge in [0.05, 0.1) is 18.5 Å². The van der Waals surface area contributed by atoms with Gasteiger partial charge in [0.15, 0.2) is 5.65 Å². The lowest BCUT2D eigenvalue weighted by Gasteiger charge is -2.32. The minimum Gasteiger partial charge on any atom is -0.476 e. The van der Waals surface area contributed by atoms with Crippen molar-refractivity contribution in [2.24, 2.45) is 5.92 Å². The average molecular weight is 338 g/mol. The summed E-state index contributed by atoms with van der Waals surface area (Å²) in [7, 11) is 0. The Bertz CT molecular complexity index is 869. The van der Waals surface area contributed by atoms with Crippen LogP contribution < -0.4 is 9.64 Å². The molecular formula is C18H22N6O. The smallest absolute Gasteiger partial charge is 0.231 e. The van der Waals surface area contributed by atoms with Crippen LogP contribution in [0.4, 0.5) is 5.82 Å². The van der Waals surface area contributed by atoms with Crippen LogP contribution in [0, 0.1) is 19.8 Å². The summed E-state index contributed by atoms with van der Waals surface area (Å²) >= 11 is 0. The van der Waals surface area contributed by atoms with Crippen molar-refractivity contribution in [2.45, 2.75) is 26.7 Å². The molecule has 1 fully saturated rings. The highest BCUT2D eigenvalue weighted by molar-refractivity contribution is 5.40. The summed E-state index contributed by atoms with van der Waals surface area (Å²) in [6, 6.07) is 5.87. The van der Waals surface area contributed by atoms with Gasteiger partial charge >= 0.3 is 0 Å². The molecule has 0 unspecified atom stereocenters. The van der Waals surface area contributed by atoms with Crippen LogP contribution in [0.3, 0.4) is 0 Å². The zero-order chi connectivity index (χ0) is 17.2. The Kier molecular flexibility index (Phi) is 4.21. The summed E-state index contributed by atoms with van der Waals surface area (Å²) in [6.07, 6.45) is 5.73. The van der Waals surface area contributed by atoms with Gasteiger partial charge in [-0.05, 0) is 38.7 Å². The number of anilines is 1. The number of ether oxygens (including phenoxy) is 1. The summed E-state index contributed by atoms with van der Waals surface area (Å²) in [5, 5.41) is 4.46. The van der Waals surface area contributed by atoms with Crippen molar-refractivity contribution >= 4 is 11.5 Å². The van der Waals surface area contributed by atoms with Gasteiger partial charge in [0.1, 0.15) is 12.1 Å². The molecule has 7 nitrogen and oxygen atoms in total. The topological polar surface area (TPSA) is 68.4 Å². The minimum absolute atomic E-state index is 0.543. The molecule has 0 aromatic carbocycles. The lowest BCUT2D eigenvalue weighted by molar-refractivity contribution is 0.213. The molecule has 0 atom stereocenters. The molecule has 3 aromatic rings. The van der Waals surface area contributed by atoms with Crippen molar-refractivity contribution in [3.8, 4) is 5.88 Å². The van der Waals surface area contributed by atoms with E-state index in [1.807, 2.05) is 38.2 Å². The van der Waals surface area contributed by atoms with Crippen molar-refractivity contribution < 1.29 is 4.74 Å². The van der Waals surface area contributed by atoms with Crippen molar-refractivity contribution in [3.63, 3.8) is 0 Å². The van der Waals surface area contributed by atoms with Gasteiger partial charge in [-0.25, -0.2) is 19.5 Å². The van der Waals surface area contributed by atoms with Crippen molar-refractivity contribution in [2.75, 3.05) is 24.6 Å². The fourth-order valence-electron chi connectivity index (χ4n) is 3.21. The highest BCUT2D eigenvalue weighted by Gasteiger charge is 2.21. The summed E-state index contributed by atoms with van der Waals surface area (Å²) in [4.78, 5) is 15.2. The van der Waals surface area contributed by atoms with Crippen LogP contribution >= 0.6 is 0 Å². The third-order valence-corrected chi connectivity index (χ3v) is 4.61. The molecule has 1 aliphatic heterocycles. The molecule has 0 radical (unpaired) electrons. The molecule has 0 bridgehead atoms. The number of piperidine rings is 1. The van der Waals surface area contributed by atoms with Crippen LogP contribution in [0.5, 0.6) is 5.88 Å². The first-order valence-corrected chi connectivity index (χ1v) is 8.67. The predicted molar refractivity (Wildman–Crippen MR) is 94.9 cm³/mol. The van der Waals surface area contributed by atoms with Crippen LogP contribution in [0.1, 0.15) is 24.2 Å². The molecule has 25 heavy (non-hydrogen) atoms. The normalized spacial score (nSPS) is 15.7. The Morgan fingerprint density at radius 1 is 1.12 bits per heavy atom. The number of fused-ring (bicyclic) bond motifs is 1. The van der Waals surface area contributed by atoms with Crippen LogP contribution in [0.2, 0.25) is 0 Å². The van der Waals surface area contributed by atoms with Gasteiger partial charge in [-0.15, -0.1) is 5.10 Å². The van der Waals surface area contributed by atoms with Gasteiger partial charge in [-0.1, -0.05) is 0 Å². The Balaban J connectivity index is 1.32. The van der Waals surface area contributed by atoms with Crippen molar-refractivity contribution in [1.82, 2.24) is 24.6 Å². The van der Waals surface area contributed by atoms with E-state index in [9.17, 15) is 0 Å². The third kappa shape index (κ3) is 3.55. The van der Waals surface area contributed by atoms with E-state index >= 15 is 0 Å². The Labute approximate surface area is 146 Å². The SMILES string of the molecule is Cc1cc(N2CCC(COc3ccc4nc(C)cn4n3)CC2)ncn1. The largest absolute Gasteiger partial charge is 0.476 e. The number of hydrogen-bond acceptors (Lipinski definition) is 6. The number of imidazole rings is 1. The molecule has 130 valence electrons. The van der Waals surface area contributed by atoms with E-state index in [-0.39, 0.29) is 0 Å². The van der Waals surface area contributed by atoms with E-state index in [0.29, 0.717) is 18.4 Å². The lowest BCUT2D eigenvalue weighted by Crippen LogP contribution is -2.36. The highest BCUT2D eigenvalue weighted by atomic mass is 16.5. The first-order chi connectivity index (χ1) is 12.2. The van der Waals surface area contributed by atoms with E-state index in [2.05, 4.69) is 25.0 Å². The zero-order valence-corrected chi connectivity index (χ0v) is 14.6. The van der Waals surface area contributed by atoms with E-state index in [4.69, 9.17) is 4.74 Å². The second-order valence-electron chi connectivity index (χ2n) is 6.62. The van der Waals surface area contributed by atoms with Crippen LogP contribution in [0.25, 0.3) is 5.65 Å². The summed E-state index contributed by atoms with van der Waals surface area (Å²) < 4.78 is 7.69. The molecule has 1 saturated heterocycles. The molecule has 0 spiro atoms. The number of aromatic nitrogens is 5. The van der Waals surface area contributed by atoms with Gasteiger partial charge in [0.2, 0.25) is 5.88 Å². The molecular weight excluding hydrogens is 316 g/mol. The monoisotopic (exact) mass is 338 g/mol. The van der Waals surface area contributed by atoms with Crippen molar-refractivity contribution in [1.29, 1.82) is 0 Å². The van der Waals surface area contributed by atoms with Crippen LogP contribution in [-0.4, -0.2) is 44.3 Å². The Morgan fingerprint density at radius 2 is 1.96 bits per heavy atom. The first-order valence-electron chi connectivity index (χ1n) is 8.67. The number of hydrogen-bond donors (Lipinski definition) is 0. The van der Waals surface area contributed by atoms with Gasteiger partial charge in [-0.2, -0.15) is 0 Å². The zero-order valence-electron chi connectivity index (χ0n) is 14.6. The average Bonchev–Trinajstić information content (AvgIpc) is 2.99. The maximum atomic E-state index is 5.92. The van der Waals surface area contributed by atoms with Gasteiger partial charge in [-0.3, -0.25) is 0 Å². The molecule has 7 heteroatoms. The quantitative estimate of drug-likeness (QED) is 0.728. The highest BCUT2D eigenvalue weighted by Crippen LogP contribution is 2.22. The van der Waals surface area contributed by atoms with E-state index in [0.717, 1.165) is 48.8 Å². The molecule has 1 aliphatic rings. The number of nitrogens with zero attached hydrogens (tertiary/aromatic N) is 6. The molecule has 0 amide bonds. The molecule has 4 heterocycles. The van der Waals surface area contributed by atoms with E-state index < -0.39 is 0 Å². The maximum absolute atomic E-state index is 5.92. The number of rotatable bonds is 4. The predicted octanol–water partition coefficient (Wildman–Crippen LogP) is 2.43. The second-order valence-corrected chi connectivity index (χ2v) is 6.62. The molecule has 4 rings (SSSR count). The van der Waals surface area contributed by atoms with Crippen LogP contribution in [0.15, 0.2) is 30.7 Å². The fraction of sp³-hybridized carbons (Fsp3) is 0.444. The summed E-state index contributed by atoms with van der Waals surface area (Å²) in [5.74, 6) is 2.22. The Morgan fingerprint density at radius 3 is 2.76 bits per heavy atom. The van der Waals surface area contributed by atoms with Crippen LogP contribution in [-0.2, 0) is 0 Å². The molecule has 0 aliphatic carbocycles. The number of aryl methyl sites for hydroxylation is 2. The Hall–Kier alpha value is -2.70.